The number of carbonyl (C=O) groups excluding carboxylic acids is 1. The van der Waals surface area contributed by atoms with Crippen LogP contribution in [-0.2, 0) is 4.74 Å². The maximum absolute atomic E-state index is 11.9. The largest absolute Gasteiger partial charge is 0.497 e. The Bertz CT molecular complexity index is 714. The molecule has 1 aliphatic rings. The summed E-state index contributed by atoms with van der Waals surface area (Å²) in [4.78, 5) is 16.4. The van der Waals surface area contributed by atoms with Crippen LogP contribution in [0, 0.1) is 0 Å². The van der Waals surface area contributed by atoms with Crippen molar-refractivity contribution in [3.63, 3.8) is 0 Å². The first-order chi connectivity index (χ1) is 10.4. The molecule has 0 radical (unpaired) electrons. The van der Waals surface area contributed by atoms with Crippen molar-refractivity contribution in [3.8, 4) is 5.75 Å². The molecule has 0 saturated heterocycles. The summed E-state index contributed by atoms with van der Waals surface area (Å²) in [6.45, 7) is 5.50. The molecule has 0 aliphatic heterocycles. The highest BCUT2D eigenvalue weighted by Crippen LogP contribution is 2.45. The number of amides is 1. The summed E-state index contributed by atoms with van der Waals surface area (Å²) in [5.41, 5.74) is 1.64. The topological polar surface area (TPSA) is 60.5 Å². The highest BCUT2D eigenvalue weighted by Gasteiger charge is 2.28. The van der Waals surface area contributed by atoms with E-state index in [0.717, 1.165) is 16.0 Å². The van der Waals surface area contributed by atoms with Gasteiger partial charge in [0.1, 0.15) is 11.4 Å². The van der Waals surface area contributed by atoms with Gasteiger partial charge in [-0.2, -0.15) is 0 Å². The normalized spacial score (nSPS) is 14.9. The zero-order valence-corrected chi connectivity index (χ0v) is 14.0. The summed E-state index contributed by atoms with van der Waals surface area (Å²) >= 11 is 1.44. The van der Waals surface area contributed by atoms with Crippen LogP contribution >= 0.6 is 11.3 Å². The van der Waals surface area contributed by atoms with E-state index in [9.17, 15) is 4.79 Å². The molecule has 118 valence electrons. The standard InChI is InChI=1S/C16H20N2O3S/c1-16(2,3)21-15(19)18-14-17-13-11(9-5-6-9)7-10(20-4)8-12(13)22-14/h7-9H,5-6H2,1-4H3,(H,17,18,19). The lowest BCUT2D eigenvalue weighted by Crippen LogP contribution is -2.27. The van der Waals surface area contributed by atoms with E-state index in [1.165, 1.54) is 29.7 Å². The molecule has 1 aromatic heterocycles. The van der Waals surface area contributed by atoms with E-state index >= 15 is 0 Å². The number of benzene rings is 1. The zero-order chi connectivity index (χ0) is 15.9. The fourth-order valence-corrected chi connectivity index (χ4v) is 3.21. The van der Waals surface area contributed by atoms with Gasteiger partial charge >= 0.3 is 6.09 Å². The monoisotopic (exact) mass is 320 g/mol. The summed E-state index contributed by atoms with van der Waals surface area (Å²) in [6, 6.07) is 4.01. The van der Waals surface area contributed by atoms with Crippen molar-refractivity contribution in [2.75, 3.05) is 12.4 Å². The van der Waals surface area contributed by atoms with Gasteiger partial charge in [0, 0.05) is 0 Å². The van der Waals surface area contributed by atoms with Gasteiger partial charge < -0.3 is 9.47 Å². The smallest absolute Gasteiger partial charge is 0.413 e. The molecule has 1 aliphatic carbocycles. The van der Waals surface area contributed by atoms with E-state index in [4.69, 9.17) is 9.47 Å². The van der Waals surface area contributed by atoms with Crippen molar-refractivity contribution >= 4 is 32.8 Å². The van der Waals surface area contributed by atoms with Crippen LogP contribution in [0.4, 0.5) is 9.93 Å². The minimum atomic E-state index is -0.525. The molecule has 6 heteroatoms. The predicted molar refractivity (Wildman–Crippen MR) is 88.0 cm³/mol. The number of methoxy groups -OCH3 is 1. The molecule has 1 aromatic carbocycles. The van der Waals surface area contributed by atoms with Gasteiger partial charge in [-0.3, -0.25) is 5.32 Å². The van der Waals surface area contributed by atoms with Crippen LogP contribution in [0.25, 0.3) is 10.2 Å². The molecule has 1 N–H and O–H groups in total. The zero-order valence-electron chi connectivity index (χ0n) is 13.2. The Morgan fingerprint density at radius 2 is 2.09 bits per heavy atom. The van der Waals surface area contributed by atoms with Crippen molar-refractivity contribution in [3.05, 3.63) is 17.7 Å². The molecule has 0 atom stereocenters. The van der Waals surface area contributed by atoms with Gasteiger partial charge in [0.25, 0.3) is 0 Å². The van der Waals surface area contributed by atoms with Crippen molar-refractivity contribution < 1.29 is 14.3 Å². The summed E-state index contributed by atoms with van der Waals surface area (Å²) in [6.07, 6.45) is 1.90. The Balaban J connectivity index is 1.89. The van der Waals surface area contributed by atoms with Crippen molar-refractivity contribution in [2.45, 2.75) is 45.1 Å². The van der Waals surface area contributed by atoms with E-state index in [2.05, 4.69) is 16.4 Å². The molecule has 3 rings (SSSR count). The first-order valence-electron chi connectivity index (χ1n) is 7.34. The Morgan fingerprint density at radius 1 is 1.36 bits per heavy atom. The molecule has 1 fully saturated rings. The van der Waals surface area contributed by atoms with E-state index in [1.807, 2.05) is 26.8 Å². The fourth-order valence-electron chi connectivity index (χ4n) is 2.30. The molecule has 1 saturated carbocycles. The van der Waals surface area contributed by atoms with Crippen molar-refractivity contribution in [1.82, 2.24) is 4.98 Å². The number of aromatic nitrogens is 1. The summed E-state index contributed by atoms with van der Waals surface area (Å²) in [7, 11) is 1.67. The molecule has 2 aromatic rings. The van der Waals surface area contributed by atoms with E-state index in [0.29, 0.717) is 11.0 Å². The predicted octanol–water partition coefficient (Wildman–Crippen LogP) is 4.53. The molecular weight excluding hydrogens is 300 g/mol. The van der Waals surface area contributed by atoms with Crippen LogP contribution in [0.3, 0.4) is 0 Å². The number of hydrogen-bond acceptors (Lipinski definition) is 5. The van der Waals surface area contributed by atoms with E-state index in [1.54, 1.807) is 7.11 Å². The van der Waals surface area contributed by atoms with Crippen LogP contribution in [0.15, 0.2) is 12.1 Å². The lowest BCUT2D eigenvalue weighted by molar-refractivity contribution is 0.0636. The number of carbonyl (C=O) groups is 1. The number of hydrogen-bond donors (Lipinski definition) is 1. The van der Waals surface area contributed by atoms with Gasteiger partial charge in [0.2, 0.25) is 0 Å². The number of nitrogens with one attached hydrogen (secondary N) is 1. The Morgan fingerprint density at radius 3 is 2.68 bits per heavy atom. The number of fused-ring (bicyclic) bond motifs is 1. The number of ether oxygens (including phenoxy) is 2. The van der Waals surface area contributed by atoms with Crippen molar-refractivity contribution in [1.29, 1.82) is 0 Å². The molecule has 5 nitrogen and oxygen atoms in total. The second-order valence-electron chi connectivity index (χ2n) is 6.48. The number of nitrogens with zero attached hydrogens (tertiary/aromatic N) is 1. The lowest BCUT2D eigenvalue weighted by Gasteiger charge is -2.18. The quantitative estimate of drug-likeness (QED) is 0.902. The second-order valence-corrected chi connectivity index (χ2v) is 7.51. The summed E-state index contributed by atoms with van der Waals surface area (Å²) in [5, 5.41) is 3.27. The van der Waals surface area contributed by atoms with Crippen LogP contribution < -0.4 is 10.1 Å². The van der Waals surface area contributed by atoms with E-state index in [-0.39, 0.29) is 0 Å². The third-order valence-electron chi connectivity index (χ3n) is 3.36. The molecule has 0 spiro atoms. The van der Waals surface area contributed by atoms with Crippen LogP contribution in [0.2, 0.25) is 0 Å². The van der Waals surface area contributed by atoms with Gasteiger partial charge in [0.15, 0.2) is 5.13 Å². The van der Waals surface area contributed by atoms with Crippen LogP contribution in [0.5, 0.6) is 5.75 Å². The molecule has 22 heavy (non-hydrogen) atoms. The minimum absolute atomic E-state index is 0.480. The Labute approximate surface area is 133 Å². The number of rotatable bonds is 3. The Hall–Kier alpha value is -1.82. The highest BCUT2D eigenvalue weighted by molar-refractivity contribution is 7.22. The van der Waals surface area contributed by atoms with Crippen molar-refractivity contribution in [2.24, 2.45) is 0 Å². The summed E-state index contributed by atoms with van der Waals surface area (Å²) in [5.74, 6) is 1.40. The van der Waals surface area contributed by atoms with Gasteiger partial charge in [-0.25, -0.2) is 9.78 Å². The average molecular weight is 320 g/mol. The van der Waals surface area contributed by atoms with Crippen LogP contribution in [-0.4, -0.2) is 23.8 Å². The van der Waals surface area contributed by atoms with Gasteiger partial charge in [0.05, 0.1) is 17.3 Å². The highest BCUT2D eigenvalue weighted by atomic mass is 32.1. The molecule has 1 heterocycles. The number of thiazole rings is 1. The molecule has 1 amide bonds. The van der Waals surface area contributed by atoms with E-state index < -0.39 is 11.7 Å². The fraction of sp³-hybridized carbons (Fsp3) is 0.500. The second kappa shape index (κ2) is 5.43. The first-order valence-corrected chi connectivity index (χ1v) is 8.16. The molecular formula is C16H20N2O3S. The molecule has 0 unspecified atom stereocenters. The maximum Gasteiger partial charge on any atom is 0.413 e. The van der Waals surface area contributed by atoms with Gasteiger partial charge in [-0.05, 0) is 57.2 Å². The minimum Gasteiger partial charge on any atom is -0.497 e. The van der Waals surface area contributed by atoms with Gasteiger partial charge in [-0.15, -0.1) is 0 Å². The number of anilines is 1. The lowest BCUT2D eigenvalue weighted by atomic mass is 10.1. The SMILES string of the molecule is COc1cc(C2CC2)c2nc(NC(=O)OC(C)(C)C)sc2c1. The van der Waals surface area contributed by atoms with Crippen LogP contribution in [0.1, 0.15) is 45.1 Å². The average Bonchev–Trinajstić information content (AvgIpc) is 3.16. The first kappa shape index (κ1) is 15.1. The Kier molecular flexibility index (Phi) is 3.72. The molecule has 0 bridgehead atoms. The van der Waals surface area contributed by atoms with Gasteiger partial charge in [-0.1, -0.05) is 11.3 Å². The summed E-state index contributed by atoms with van der Waals surface area (Å²) < 4.78 is 11.6. The maximum atomic E-state index is 11.9. The third-order valence-corrected chi connectivity index (χ3v) is 4.28. The third kappa shape index (κ3) is 3.32.